The minimum Gasteiger partial charge on any atom is -0.497 e. The van der Waals surface area contributed by atoms with Crippen molar-refractivity contribution < 1.29 is 19.7 Å². The van der Waals surface area contributed by atoms with Gasteiger partial charge in [-0.15, -0.1) is 0 Å². The SMILES string of the molecule is COc1ccc(/C=C(\CCCC[NH3+])c2nc(-c3ccc(OC)cc3)no2)cc1. The fourth-order valence-corrected chi connectivity index (χ4v) is 2.85. The Bertz CT molecular complexity index is 900. The maximum atomic E-state index is 5.58. The summed E-state index contributed by atoms with van der Waals surface area (Å²) in [6.07, 6.45) is 5.02. The van der Waals surface area contributed by atoms with Crippen molar-refractivity contribution >= 4 is 11.6 Å². The lowest BCUT2D eigenvalue weighted by Gasteiger charge is -2.04. The molecule has 3 N–H and O–H groups in total. The summed E-state index contributed by atoms with van der Waals surface area (Å²) in [6, 6.07) is 15.5. The zero-order valence-corrected chi connectivity index (χ0v) is 16.4. The second-order valence-corrected chi connectivity index (χ2v) is 6.41. The first-order valence-electron chi connectivity index (χ1n) is 9.36. The van der Waals surface area contributed by atoms with Crippen molar-refractivity contribution in [2.75, 3.05) is 20.8 Å². The van der Waals surface area contributed by atoms with Gasteiger partial charge in [0, 0.05) is 11.1 Å². The first-order chi connectivity index (χ1) is 13.7. The Labute approximate surface area is 165 Å². The van der Waals surface area contributed by atoms with Gasteiger partial charge in [-0.05, 0) is 67.3 Å². The minimum atomic E-state index is 0.547. The number of allylic oxidation sites excluding steroid dienone is 1. The molecular weight excluding hydrogens is 354 g/mol. The largest absolute Gasteiger partial charge is 0.497 e. The Morgan fingerprint density at radius 3 is 2.21 bits per heavy atom. The van der Waals surface area contributed by atoms with E-state index in [1.165, 1.54) is 0 Å². The van der Waals surface area contributed by atoms with Crippen molar-refractivity contribution in [3.05, 3.63) is 60.0 Å². The van der Waals surface area contributed by atoms with Crippen LogP contribution in [-0.4, -0.2) is 30.9 Å². The predicted molar refractivity (Wildman–Crippen MR) is 109 cm³/mol. The molecule has 28 heavy (non-hydrogen) atoms. The lowest BCUT2D eigenvalue weighted by molar-refractivity contribution is -0.368. The quantitative estimate of drug-likeness (QED) is 0.572. The summed E-state index contributed by atoms with van der Waals surface area (Å²) in [7, 11) is 3.30. The van der Waals surface area contributed by atoms with Crippen molar-refractivity contribution in [2.45, 2.75) is 19.3 Å². The molecule has 1 aromatic heterocycles. The Kier molecular flexibility index (Phi) is 6.81. The summed E-state index contributed by atoms with van der Waals surface area (Å²) in [4.78, 5) is 4.62. The molecule has 0 aliphatic rings. The number of aromatic nitrogens is 2. The van der Waals surface area contributed by atoms with Crippen LogP contribution in [0.4, 0.5) is 0 Å². The zero-order valence-electron chi connectivity index (χ0n) is 16.4. The first-order valence-corrected chi connectivity index (χ1v) is 9.36. The molecule has 3 rings (SSSR count). The molecule has 6 nitrogen and oxygen atoms in total. The highest BCUT2D eigenvalue weighted by Gasteiger charge is 2.13. The number of nitrogens with zero attached hydrogens (tertiary/aromatic N) is 2. The number of quaternary nitrogens is 1. The van der Waals surface area contributed by atoms with E-state index in [9.17, 15) is 0 Å². The van der Waals surface area contributed by atoms with E-state index in [1.807, 2.05) is 48.5 Å². The first kappa shape index (κ1) is 19.6. The third kappa shape index (κ3) is 4.98. The monoisotopic (exact) mass is 380 g/mol. The number of rotatable bonds is 9. The Morgan fingerprint density at radius 2 is 1.61 bits per heavy atom. The summed E-state index contributed by atoms with van der Waals surface area (Å²) in [6.45, 7) is 0.913. The van der Waals surface area contributed by atoms with Crippen molar-refractivity contribution in [2.24, 2.45) is 0 Å². The van der Waals surface area contributed by atoms with Crippen LogP contribution in [0.25, 0.3) is 23.0 Å². The van der Waals surface area contributed by atoms with E-state index in [2.05, 4.69) is 22.0 Å². The van der Waals surface area contributed by atoms with Gasteiger partial charge in [-0.3, -0.25) is 0 Å². The lowest BCUT2D eigenvalue weighted by atomic mass is 10.0. The average Bonchev–Trinajstić information content (AvgIpc) is 3.24. The van der Waals surface area contributed by atoms with Crippen molar-refractivity contribution in [3.63, 3.8) is 0 Å². The van der Waals surface area contributed by atoms with Crippen LogP contribution < -0.4 is 15.2 Å². The number of unbranched alkanes of at least 4 members (excludes halogenated alkanes) is 1. The van der Waals surface area contributed by atoms with Crippen LogP contribution in [0.2, 0.25) is 0 Å². The summed E-state index contributed by atoms with van der Waals surface area (Å²) in [5.41, 5.74) is 6.89. The number of hydrogen-bond acceptors (Lipinski definition) is 5. The van der Waals surface area contributed by atoms with Gasteiger partial charge in [-0.1, -0.05) is 17.3 Å². The standard InChI is InChI=1S/C22H25N3O3/c1-26-19-10-6-16(7-11-19)15-18(5-3-4-14-23)22-24-21(25-28-22)17-8-12-20(27-2)13-9-17/h6-13,15H,3-5,14,23H2,1-2H3/p+1/b18-15+. The summed E-state index contributed by atoms with van der Waals surface area (Å²) < 4.78 is 16.0. The average molecular weight is 380 g/mol. The van der Waals surface area contributed by atoms with Crippen LogP contribution in [-0.2, 0) is 0 Å². The Morgan fingerprint density at radius 1 is 0.964 bits per heavy atom. The highest BCUT2D eigenvalue weighted by Crippen LogP contribution is 2.26. The molecule has 0 radical (unpaired) electrons. The van der Waals surface area contributed by atoms with Gasteiger partial charge in [-0.2, -0.15) is 4.98 Å². The second-order valence-electron chi connectivity index (χ2n) is 6.41. The number of benzene rings is 2. The summed E-state index contributed by atoms with van der Waals surface area (Å²) in [5.74, 6) is 2.73. The molecule has 0 aliphatic heterocycles. The molecule has 6 heteroatoms. The van der Waals surface area contributed by atoms with Crippen LogP contribution >= 0.6 is 0 Å². The van der Waals surface area contributed by atoms with Crippen molar-refractivity contribution in [3.8, 4) is 22.9 Å². The van der Waals surface area contributed by atoms with E-state index in [1.54, 1.807) is 14.2 Å². The zero-order chi connectivity index (χ0) is 19.8. The van der Waals surface area contributed by atoms with Gasteiger partial charge < -0.3 is 19.7 Å². The molecule has 2 aromatic carbocycles. The smallest absolute Gasteiger partial charge is 0.254 e. The number of methoxy groups -OCH3 is 2. The third-order valence-corrected chi connectivity index (χ3v) is 4.45. The molecule has 0 amide bonds. The third-order valence-electron chi connectivity index (χ3n) is 4.45. The molecule has 0 fully saturated rings. The van der Waals surface area contributed by atoms with Gasteiger partial charge in [0.2, 0.25) is 5.82 Å². The predicted octanol–water partition coefficient (Wildman–Crippen LogP) is 3.71. The van der Waals surface area contributed by atoms with Crippen LogP contribution in [0, 0.1) is 0 Å². The molecule has 0 unspecified atom stereocenters. The number of ether oxygens (including phenoxy) is 2. The highest BCUT2D eigenvalue weighted by molar-refractivity contribution is 5.78. The molecule has 0 aliphatic carbocycles. The minimum absolute atomic E-state index is 0.547. The second kappa shape index (κ2) is 9.71. The fraction of sp³-hybridized carbons (Fsp3) is 0.273. The van der Waals surface area contributed by atoms with Crippen molar-refractivity contribution in [1.82, 2.24) is 10.1 Å². The van der Waals surface area contributed by atoms with Crippen LogP contribution in [0.5, 0.6) is 11.5 Å². The van der Waals surface area contributed by atoms with Crippen LogP contribution in [0.15, 0.2) is 53.1 Å². The molecule has 0 atom stereocenters. The molecule has 0 spiro atoms. The van der Waals surface area contributed by atoms with Crippen LogP contribution in [0.3, 0.4) is 0 Å². The van der Waals surface area contributed by atoms with E-state index in [4.69, 9.17) is 14.0 Å². The summed E-state index contributed by atoms with van der Waals surface area (Å²) >= 11 is 0. The van der Waals surface area contributed by atoms with Gasteiger partial charge in [0.05, 0.1) is 20.8 Å². The van der Waals surface area contributed by atoms with Gasteiger partial charge in [0.15, 0.2) is 0 Å². The highest BCUT2D eigenvalue weighted by atomic mass is 16.5. The molecular formula is C22H26N3O3+. The van der Waals surface area contributed by atoms with E-state index in [-0.39, 0.29) is 0 Å². The van der Waals surface area contributed by atoms with Gasteiger partial charge in [0.25, 0.3) is 5.89 Å². The van der Waals surface area contributed by atoms with E-state index in [0.29, 0.717) is 11.7 Å². The van der Waals surface area contributed by atoms with Gasteiger partial charge >= 0.3 is 0 Å². The Hall–Kier alpha value is -3.12. The summed E-state index contributed by atoms with van der Waals surface area (Å²) in [5, 5.41) is 4.16. The maximum absolute atomic E-state index is 5.58. The van der Waals surface area contributed by atoms with Crippen molar-refractivity contribution in [1.29, 1.82) is 0 Å². The fourth-order valence-electron chi connectivity index (χ4n) is 2.85. The van der Waals surface area contributed by atoms with Gasteiger partial charge in [0.1, 0.15) is 11.5 Å². The molecule has 0 saturated carbocycles. The van der Waals surface area contributed by atoms with E-state index < -0.39 is 0 Å². The van der Waals surface area contributed by atoms with Crippen LogP contribution in [0.1, 0.15) is 30.7 Å². The normalized spacial score (nSPS) is 11.5. The topological polar surface area (TPSA) is 85.0 Å². The lowest BCUT2D eigenvalue weighted by Crippen LogP contribution is -2.50. The molecule has 3 aromatic rings. The molecule has 146 valence electrons. The maximum Gasteiger partial charge on any atom is 0.254 e. The Balaban J connectivity index is 1.86. The van der Waals surface area contributed by atoms with E-state index in [0.717, 1.165) is 54.0 Å². The molecule has 0 bridgehead atoms. The number of hydrogen-bond donors (Lipinski definition) is 1. The molecule has 1 heterocycles. The van der Waals surface area contributed by atoms with Gasteiger partial charge in [-0.25, -0.2) is 0 Å². The molecule has 0 saturated heterocycles. The van der Waals surface area contributed by atoms with E-state index >= 15 is 0 Å².